The molecule has 0 atom stereocenters. The summed E-state index contributed by atoms with van der Waals surface area (Å²) in [5, 5.41) is 21.7. The van der Waals surface area contributed by atoms with E-state index in [0.29, 0.717) is 143 Å². The zero-order valence-corrected chi connectivity index (χ0v) is 88.4. The van der Waals surface area contributed by atoms with Gasteiger partial charge in [-0.2, -0.15) is 0 Å². The fourth-order valence-corrected chi connectivity index (χ4v) is 6.10. The van der Waals surface area contributed by atoms with E-state index < -0.39 is 0 Å². The average Bonchev–Trinajstić information content (AvgIpc) is 1.07. The summed E-state index contributed by atoms with van der Waals surface area (Å²) in [7, 11) is 0. The Hall–Kier alpha value is -0.224. The molecule has 0 saturated carbocycles. The second-order valence-corrected chi connectivity index (χ2v) is 23.2. The first kappa shape index (κ1) is 158. The van der Waals surface area contributed by atoms with Gasteiger partial charge in [-0.25, -0.2) is 0 Å². The van der Waals surface area contributed by atoms with Gasteiger partial charge in [-0.15, -0.1) is 0 Å². The molecular formula is C84H188N8O18Y4. The molecule has 0 rings (SSSR count). The molecule has 4 radical (unpaired) electrons. The predicted molar refractivity (Wildman–Crippen MR) is 463 cm³/mol. The second kappa shape index (κ2) is 167. The number of amides is 8. The molecule has 0 aliphatic heterocycles. The molecule has 0 spiro atoms. The van der Waals surface area contributed by atoms with Crippen LogP contribution >= 0.6 is 0 Å². The Bertz CT molecular complexity index is 1570. The largest absolute Gasteiger partial charge is 0.381 e. The average molecular weight is 1950 g/mol. The Balaban J connectivity index is -0.0000000559. The molecule has 0 unspecified atom stereocenters. The minimum Gasteiger partial charge on any atom is -0.381 e. The van der Waals surface area contributed by atoms with E-state index in [2.05, 4.69) is 126 Å². The summed E-state index contributed by atoms with van der Waals surface area (Å²) in [4.78, 5) is 86.0. The Morgan fingerprint density at radius 1 is 0.175 bits per heavy atom. The topological polar surface area (TPSA) is 325 Å². The van der Waals surface area contributed by atoms with Gasteiger partial charge in [-0.1, -0.05) is 166 Å². The van der Waals surface area contributed by atoms with Crippen LogP contribution in [0.1, 0.15) is 322 Å². The van der Waals surface area contributed by atoms with Crippen molar-refractivity contribution in [2.45, 2.75) is 322 Å². The van der Waals surface area contributed by atoms with Gasteiger partial charge in [0, 0.05) is 314 Å². The van der Waals surface area contributed by atoms with Crippen LogP contribution in [0.2, 0.25) is 0 Å². The summed E-state index contributed by atoms with van der Waals surface area (Å²) in [6.45, 7) is 68.0. The van der Waals surface area contributed by atoms with Crippen molar-refractivity contribution in [3.8, 4) is 0 Å². The zero-order chi connectivity index (χ0) is 84.7. The summed E-state index contributed by atoms with van der Waals surface area (Å²) >= 11 is 0. The van der Waals surface area contributed by atoms with Crippen molar-refractivity contribution in [1.29, 1.82) is 0 Å². The standard InChI is InChI=1S/2C11H23NO3.4C8H17NO2.2C6H14O.2C5H11NO.2C3H8.2CH4.4Y/c2*1-3-7-14-9-5-11(13)12-6-10-15-8-4-2;2*1-3-6-11-7-5-8(10)9-4-2;2*1-3-6-11-7-5-9-8(10)4-2;2*1-3-5-7-6-4-2;2*1-3-5(7)6-4-2;2*1-3-2;;;;;;/h2*3-10H2,1-2H3,(H,12,13);4*3-7H2,1-2H3,(H,9,10);2*3-6H2,1-2H3;2*3-4H2,1-2H3,(H,6,7);2*3H2,1-2H3;2*1H4;;;;. The third-order valence-corrected chi connectivity index (χ3v) is 11.1. The normalized spacial score (nSPS) is 8.91. The molecule has 0 heterocycles. The molecule has 26 nitrogen and oxygen atoms in total. The Morgan fingerprint density at radius 2 is 0.289 bits per heavy atom. The number of hydrogen-bond acceptors (Lipinski definition) is 18. The molecule has 0 aromatic carbocycles. The van der Waals surface area contributed by atoms with E-state index in [1.165, 1.54) is 12.8 Å². The molecule has 0 aliphatic carbocycles. The number of carbonyl (C=O) groups excluding carboxylic acids is 8. The van der Waals surface area contributed by atoms with Crippen molar-refractivity contribution in [2.75, 3.05) is 184 Å². The van der Waals surface area contributed by atoms with Gasteiger partial charge in [0.2, 0.25) is 47.3 Å². The van der Waals surface area contributed by atoms with Crippen molar-refractivity contribution in [3.05, 3.63) is 0 Å². The van der Waals surface area contributed by atoms with Crippen molar-refractivity contribution >= 4 is 47.3 Å². The van der Waals surface area contributed by atoms with Gasteiger partial charge in [-0.05, 0) is 105 Å². The fourth-order valence-electron chi connectivity index (χ4n) is 6.10. The van der Waals surface area contributed by atoms with Gasteiger partial charge in [0.1, 0.15) is 0 Å². The van der Waals surface area contributed by atoms with Crippen molar-refractivity contribution in [2.24, 2.45) is 0 Å². The summed E-state index contributed by atoms with van der Waals surface area (Å²) < 4.78 is 51.7. The smallest absolute Gasteiger partial charge is 0.222 e. The zero-order valence-electron chi connectivity index (χ0n) is 77.0. The van der Waals surface area contributed by atoms with Crippen LogP contribution in [0.4, 0.5) is 0 Å². The van der Waals surface area contributed by atoms with Crippen LogP contribution in [0, 0.1) is 0 Å². The summed E-state index contributed by atoms with van der Waals surface area (Å²) in [5.74, 6) is 0.643. The number of ether oxygens (including phenoxy) is 10. The van der Waals surface area contributed by atoms with E-state index in [-0.39, 0.29) is 193 Å². The Morgan fingerprint density at radius 3 is 0.421 bits per heavy atom. The molecule has 0 saturated heterocycles. The van der Waals surface area contributed by atoms with Crippen LogP contribution in [0.15, 0.2) is 0 Å². The monoisotopic (exact) mass is 1950 g/mol. The SMILES string of the molecule is C.C.CCC.CCC.CCCOCCC.CCCOCCC.CCCOCCC(=O)NCC.CCCOCCC(=O)NCC.CCCOCCNC(=O)CC.CCCOCCNC(=O)CC.CCCOCCNC(=O)CCOCCC.CCCOCCNC(=O)CCOCCC.CCNC(=O)CC.CCNC(=O)CC.[Y].[Y].[Y].[Y]. The van der Waals surface area contributed by atoms with Gasteiger partial charge in [0.15, 0.2) is 0 Å². The van der Waals surface area contributed by atoms with Crippen LogP contribution < -0.4 is 42.5 Å². The van der Waals surface area contributed by atoms with Crippen molar-refractivity contribution in [3.63, 3.8) is 0 Å². The van der Waals surface area contributed by atoms with Gasteiger partial charge in [0.25, 0.3) is 0 Å². The maximum Gasteiger partial charge on any atom is 0.222 e. The first-order valence-corrected chi connectivity index (χ1v) is 42.0. The Labute approximate surface area is 804 Å². The molecule has 0 bridgehead atoms. The molecule has 684 valence electrons. The summed E-state index contributed by atoms with van der Waals surface area (Å²) in [6.07, 6.45) is 19.3. The van der Waals surface area contributed by atoms with Crippen LogP contribution in [0.25, 0.3) is 0 Å². The quantitative estimate of drug-likeness (QED) is 0.0262. The molecule has 0 aromatic rings. The van der Waals surface area contributed by atoms with Crippen LogP contribution in [0.3, 0.4) is 0 Å². The third kappa shape index (κ3) is 216. The molecule has 30 heteroatoms. The van der Waals surface area contributed by atoms with E-state index in [4.69, 9.17) is 47.4 Å². The minimum atomic E-state index is 0. The van der Waals surface area contributed by atoms with E-state index >= 15 is 0 Å². The fraction of sp³-hybridized carbons (Fsp3) is 0.905. The van der Waals surface area contributed by atoms with Gasteiger partial charge >= 0.3 is 0 Å². The minimum absolute atomic E-state index is 0. The first-order chi connectivity index (χ1) is 52.1. The Kier molecular flexibility index (Phi) is 231. The number of rotatable bonds is 56. The van der Waals surface area contributed by atoms with Gasteiger partial charge in [0.05, 0.1) is 52.9 Å². The molecule has 0 fully saturated rings. The van der Waals surface area contributed by atoms with Crippen molar-refractivity contribution in [1.82, 2.24) is 42.5 Å². The van der Waals surface area contributed by atoms with Crippen LogP contribution in [-0.2, 0) is 217 Å². The predicted octanol–water partition coefficient (Wildman–Crippen LogP) is 15.3. The number of nitrogens with one attached hydrogen (secondary N) is 8. The van der Waals surface area contributed by atoms with Gasteiger partial charge in [-0.3, -0.25) is 38.4 Å². The molecule has 8 amide bonds. The maximum absolute atomic E-state index is 11.2. The van der Waals surface area contributed by atoms with E-state index in [1.54, 1.807) is 0 Å². The van der Waals surface area contributed by atoms with E-state index in [9.17, 15) is 38.4 Å². The molecule has 114 heavy (non-hydrogen) atoms. The van der Waals surface area contributed by atoms with E-state index in [0.717, 1.165) is 169 Å². The molecule has 0 aliphatic rings. The summed E-state index contributed by atoms with van der Waals surface area (Å²) in [6, 6.07) is 0. The molecule has 0 aromatic heterocycles. The molecule has 8 N–H and O–H groups in total. The number of hydrogen-bond donors (Lipinski definition) is 8. The van der Waals surface area contributed by atoms with Crippen molar-refractivity contribution < 1.29 is 217 Å². The van der Waals surface area contributed by atoms with Crippen LogP contribution in [-0.4, -0.2) is 232 Å². The first-order valence-electron chi connectivity index (χ1n) is 42.0. The van der Waals surface area contributed by atoms with Crippen LogP contribution in [0.5, 0.6) is 0 Å². The number of carbonyl (C=O) groups is 8. The summed E-state index contributed by atoms with van der Waals surface area (Å²) in [5.41, 5.74) is 0. The molecular weight excluding hydrogens is 1760 g/mol. The van der Waals surface area contributed by atoms with Gasteiger partial charge < -0.3 is 89.9 Å². The maximum atomic E-state index is 11.2. The van der Waals surface area contributed by atoms with E-state index in [1.807, 2.05) is 83.1 Å². The third-order valence-electron chi connectivity index (χ3n) is 11.1. The second-order valence-electron chi connectivity index (χ2n) is 23.2.